The molecular formula is C17H16N4O2. The van der Waals surface area contributed by atoms with Gasteiger partial charge in [-0.05, 0) is 42.8 Å². The number of primary amides is 1. The van der Waals surface area contributed by atoms with E-state index in [-0.39, 0.29) is 5.91 Å². The van der Waals surface area contributed by atoms with Gasteiger partial charge in [0.2, 0.25) is 5.91 Å². The van der Waals surface area contributed by atoms with Crippen molar-refractivity contribution in [2.75, 3.05) is 5.32 Å². The molecule has 0 atom stereocenters. The molecule has 6 heteroatoms. The maximum atomic E-state index is 12.6. The first kappa shape index (κ1) is 14.8. The van der Waals surface area contributed by atoms with Crippen molar-refractivity contribution in [3.63, 3.8) is 0 Å². The van der Waals surface area contributed by atoms with E-state index >= 15 is 0 Å². The van der Waals surface area contributed by atoms with Crippen LogP contribution in [0.2, 0.25) is 0 Å². The van der Waals surface area contributed by atoms with E-state index in [0.29, 0.717) is 23.4 Å². The van der Waals surface area contributed by atoms with Gasteiger partial charge in [0.25, 0.3) is 5.91 Å². The molecule has 0 aliphatic carbocycles. The number of pyridine rings is 1. The molecule has 6 nitrogen and oxygen atoms in total. The molecule has 23 heavy (non-hydrogen) atoms. The Hall–Kier alpha value is -3.15. The van der Waals surface area contributed by atoms with Gasteiger partial charge in [0.1, 0.15) is 11.3 Å². The number of nitrogens with one attached hydrogen (secondary N) is 1. The molecule has 0 aliphatic heterocycles. The number of aromatic nitrogens is 2. The Morgan fingerprint density at radius 1 is 1.17 bits per heavy atom. The van der Waals surface area contributed by atoms with Gasteiger partial charge in [-0.2, -0.15) is 0 Å². The third-order valence-corrected chi connectivity index (χ3v) is 3.58. The third-order valence-electron chi connectivity index (χ3n) is 3.58. The number of benzene rings is 1. The van der Waals surface area contributed by atoms with E-state index in [1.54, 1.807) is 28.7 Å². The normalized spacial score (nSPS) is 10.7. The van der Waals surface area contributed by atoms with Crippen LogP contribution < -0.4 is 11.1 Å². The topological polar surface area (TPSA) is 89.5 Å². The maximum absolute atomic E-state index is 12.6. The van der Waals surface area contributed by atoms with Gasteiger partial charge < -0.3 is 11.1 Å². The van der Waals surface area contributed by atoms with Gasteiger partial charge in [-0.1, -0.05) is 13.0 Å². The number of aryl methyl sites for hydroxylation is 1. The predicted octanol–water partition coefficient (Wildman–Crippen LogP) is 2.25. The molecule has 0 spiro atoms. The summed E-state index contributed by atoms with van der Waals surface area (Å²) < 4.78 is 1.77. The number of anilines is 1. The SMILES string of the molecule is CCc1nc2ccccn2c1C(=O)Nc1ccc(C(N)=O)cc1. The molecule has 3 aromatic rings. The lowest BCUT2D eigenvalue weighted by atomic mass is 10.2. The van der Waals surface area contributed by atoms with Crippen molar-refractivity contribution in [3.05, 3.63) is 65.6 Å². The van der Waals surface area contributed by atoms with Gasteiger partial charge in [0, 0.05) is 17.4 Å². The molecule has 0 saturated heterocycles. The summed E-state index contributed by atoms with van der Waals surface area (Å²) in [4.78, 5) is 28.2. The zero-order valence-electron chi connectivity index (χ0n) is 12.6. The molecule has 116 valence electrons. The Kier molecular flexibility index (Phi) is 3.80. The first-order valence-electron chi connectivity index (χ1n) is 7.27. The van der Waals surface area contributed by atoms with Crippen LogP contribution in [0.15, 0.2) is 48.7 Å². The first-order valence-corrected chi connectivity index (χ1v) is 7.27. The number of fused-ring (bicyclic) bond motifs is 1. The van der Waals surface area contributed by atoms with Crippen molar-refractivity contribution in [2.24, 2.45) is 5.73 Å². The Bertz CT molecular complexity index is 881. The zero-order valence-corrected chi connectivity index (χ0v) is 12.6. The van der Waals surface area contributed by atoms with Gasteiger partial charge in [-0.25, -0.2) is 4.98 Å². The average Bonchev–Trinajstić information content (AvgIpc) is 2.94. The van der Waals surface area contributed by atoms with Crippen LogP contribution >= 0.6 is 0 Å². The highest BCUT2D eigenvalue weighted by atomic mass is 16.2. The van der Waals surface area contributed by atoms with Crippen LogP contribution in [0, 0.1) is 0 Å². The summed E-state index contributed by atoms with van der Waals surface area (Å²) in [5, 5.41) is 2.83. The second-order valence-corrected chi connectivity index (χ2v) is 5.09. The molecule has 1 aromatic carbocycles. The van der Waals surface area contributed by atoms with Gasteiger partial charge in [-0.3, -0.25) is 14.0 Å². The van der Waals surface area contributed by atoms with Crippen molar-refractivity contribution in [3.8, 4) is 0 Å². The number of carbonyl (C=O) groups is 2. The second kappa shape index (κ2) is 5.92. The zero-order chi connectivity index (χ0) is 16.4. The van der Waals surface area contributed by atoms with E-state index in [9.17, 15) is 9.59 Å². The lowest BCUT2D eigenvalue weighted by Crippen LogP contribution is -2.16. The predicted molar refractivity (Wildman–Crippen MR) is 87.5 cm³/mol. The number of nitrogens with zero attached hydrogens (tertiary/aromatic N) is 2. The first-order chi connectivity index (χ1) is 11.1. The monoisotopic (exact) mass is 308 g/mol. The molecule has 2 heterocycles. The smallest absolute Gasteiger partial charge is 0.274 e. The summed E-state index contributed by atoms with van der Waals surface area (Å²) in [5.74, 6) is -0.745. The number of carbonyl (C=O) groups excluding carboxylic acids is 2. The summed E-state index contributed by atoms with van der Waals surface area (Å²) >= 11 is 0. The van der Waals surface area contributed by atoms with E-state index in [1.165, 1.54) is 0 Å². The van der Waals surface area contributed by atoms with Gasteiger partial charge in [0.05, 0.1) is 5.69 Å². The molecule has 0 radical (unpaired) electrons. The summed E-state index contributed by atoms with van der Waals surface area (Å²) in [6, 6.07) is 12.0. The fraction of sp³-hybridized carbons (Fsp3) is 0.118. The number of nitrogens with two attached hydrogens (primary N) is 1. The standard InChI is InChI=1S/C17H16N4O2/c1-2-13-15(21-10-4-3-5-14(21)20-13)17(23)19-12-8-6-11(7-9-12)16(18)22/h3-10H,2H2,1H3,(H2,18,22)(H,19,23). The Morgan fingerprint density at radius 2 is 1.91 bits per heavy atom. The largest absolute Gasteiger partial charge is 0.366 e. The molecule has 0 aliphatic rings. The molecule has 0 unspecified atom stereocenters. The van der Waals surface area contributed by atoms with E-state index in [4.69, 9.17) is 5.73 Å². The van der Waals surface area contributed by atoms with Crippen LogP contribution in [0.25, 0.3) is 5.65 Å². The van der Waals surface area contributed by atoms with Crippen LogP contribution in [-0.2, 0) is 6.42 Å². The molecule has 3 rings (SSSR count). The summed E-state index contributed by atoms with van der Waals surface area (Å²) in [5.41, 5.74) is 8.18. The van der Waals surface area contributed by atoms with Gasteiger partial charge in [0.15, 0.2) is 0 Å². The molecule has 0 saturated carbocycles. The lowest BCUT2D eigenvalue weighted by Gasteiger charge is -2.07. The van der Waals surface area contributed by atoms with Gasteiger partial charge in [-0.15, -0.1) is 0 Å². The number of imidazole rings is 1. The molecule has 0 fully saturated rings. The van der Waals surface area contributed by atoms with Crippen LogP contribution in [0.1, 0.15) is 33.5 Å². The molecule has 2 amide bonds. The third kappa shape index (κ3) is 2.78. The Balaban J connectivity index is 1.93. The maximum Gasteiger partial charge on any atom is 0.274 e. The summed E-state index contributed by atoms with van der Waals surface area (Å²) in [7, 11) is 0. The van der Waals surface area contributed by atoms with E-state index < -0.39 is 5.91 Å². The minimum Gasteiger partial charge on any atom is -0.366 e. The molecule has 0 bridgehead atoms. The van der Waals surface area contributed by atoms with Crippen molar-refractivity contribution in [1.82, 2.24) is 9.38 Å². The lowest BCUT2D eigenvalue weighted by molar-refractivity contribution is 0.0997. The van der Waals surface area contributed by atoms with Crippen LogP contribution in [0.3, 0.4) is 0 Å². The second-order valence-electron chi connectivity index (χ2n) is 5.09. The van der Waals surface area contributed by atoms with Crippen molar-refractivity contribution >= 4 is 23.1 Å². The molecule has 2 aromatic heterocycles. The molecule has 3 N–H and O–H groups in total. The van der Waals surface area contributed by atoms with E-state index in [2.05, 4.69) is 10.3 Å². The fourth-order valence-electron chi connectivity index (χ4n) is 2.44. The van der Waals surface area contributed by atoms with Crippen LogP contribution in [-0.4, -0.2) is 21.2 Å². The van der Waals surface area contributed by atoms with E-state index in [0.717, 1.165) is 11.3 Å². The van der Waals surface area contributed by atoms with Gasteiger partial charge >= 0.3 is 0 Å². The quantitative estimate of drug-likeness (QED) is 0.774. The highest BCUT2D eigenvalue weighted by Crippen LogP contribution is 2.16. The Labute approximate surface area is 132 Å². The Morgan fingerprint density at radius 3 is 2.57 bits per heavy atom. The van der Waals surface area contributed by atoms with Crippen LogP contribution in [0.5, 0.6) is 0 Å². The fourth-order valence-corrected chi connectivity index (χ4v) is 2.44. The van der Waals surface area contributed by atoms with Crippen LogP contribution in [0.4, 0.5) is 5.69 Å². The summed E-state index contributed by atoms with van der Waals surface area (Å²) in [6.45, 7) is 1.96. The van der Waals surface area contributed by atoms with E-state index in [1.807, 2.05) is 31.3 Å². The minimum atomic E-state index is -0.502. The van der Waals surface area contributed by atoms with Crippen molar-refractivity contribution in [2.45, 2.75) is 13.3 Å². The summed E-state index contributed by atoms with van der Waals surface area (Å²) in [6.07, 6.45) is 2.47. The molecular weight excluding hydrogens is 292 g/mol. The number of hydrogen-bond acceptors (Lipinski definition) is 3. The highest BCUT2D eigenvalue weighted by molar-refractivity contribution is 6.04. The number of hydrogen-bond donors (Lipinski definition) is 2. The highest BCUT2D eigenvalue weighted by Gasteiger charge is 2.18. The van der Waals surface area contributed by atoms with Crippen molar-refractivity contribution < 1.29 is 9.59 Å². The number of rotatable bonds is 4. The minimum absolute atomic E-state index is 0.243. The number of amides is 2. The van der Waals surface area contributed by atoms with Crippen molar-refractivity contribution in [1.29, 1.82) is 0 Å². The average molecular weight is 308 g/mol.